The molecule has 0 radical (unpaired) electrons. The summed E-state index contributed by atoms with van der Waals surface area (Å²) < 4.78 is -0.308. The van der Waals surface area contributed by atoms with Gasteiger partial charge in [-0.1, -0.05) is 30.3 Å². The van der Waals surface area contributed by atoms with E-state index in [1.165, 1.54) is 0 Å². The van der Waals surface area contributed by atoms with Crippen molar-refractivity contribution in [2.75, 3.05) is 30.6 Å². The minimum Gasteiger partial charge on any atom is -0.387 e. The van der Waals surface area contributed by atoms with Crippen LogP contribution in [0.5, 0.6) is 0 Å². The highest BCUT2D eigenvalue weighted by atomic mass is 32.3. The highest BCUT2D eigenvalue weighted by molar-refractivity contribution is 8.33. The summed E-state index contributed by atoms with van der Waals surface area (Å²) in [6.07, 6.45) is 8.70. The van der Waals surface area contributed by atoms with Gasteiger partial charge in [-0.05, 0) is 57.4 Å². The second-order valence-corrected chi connectivity index (χ2v) is 14.8. The first kappa shape index (κ1) is 23.6. The first-order valence-electron chi connectivity index (χ1n) is 11.3. The number of carbonyl (C=O) groups is 2. The van der Waals surface area contributed by atoms with Gasteiger partial charge in [0.1, 0.15) is 0 Å². The number of fused-ring (bicyclic) bond motifs is 1. The van der Waals surface area contributed by atoms with Crippen LogP contribution in [0.1, 0.15) is 56.0 Å². The maximum absolute atomic E-state index is 13.3. The Balaban J connectivity index is 1.45. The quantitative estimate of drug-likeness (QED) is 0.515. The van der Waals surface area contributed by atoms with E-state index in [1.54, 1.807) is 4.90 Å². The summed E-state index contributed by atoms with van der Waals surface area (Å²) in [5.74, 6) is 0.551. The van der Waals surface area contributed by atoms with E-state index < -0.39 is 21.7 Å². The number of urea groups is 1. The lowest BCUT2D eigenvalue weighted by atomic mass is 9.83. The van der Waals surface area contributed by atoms with Crippen LogP contribution < -0.4 is 10.6 Å². The molecule has 0 unspecified atom stereocenters. The van der Waals surface area contributed by atoms with Crippen molar-refractivity contribution in [2.45, 2.75) is 56.0 Å². The smallest absolute Gasteiger partial charge is 0.318 e. The zero-order chi connectivity index (χ0) is 24.0. The van der Waals surface area contributed by atoms with Crippen molar-refractivity contribution in [3.05, 3.63) is 47.2 Å². The number of hydrogen-bond acceptors (Lipinski definition) is 4. The molecule has 0 spiro atoms. The van der Waals surface area contributed by atoms with Gasteiger partial charge < -0.3 is 20.6 Å². The van der Waals surface area contributed by atoms with Crippen LogP contribution in [0.25, 0.3) is 0 Å². The zero-order valence-corrected chi connectivity index (χ0v) is 20.9. The van der Waals surface area contributed by atoms with Gasteiger partial charge >= 0.3 is 6.03 Å². The molecule has 2 aromatic rings. The Morgan fingerprint density at radius 1 is 1.21 bits per heavy atom. The molecule has 2 heterocycles. The Morgan fingerprint density at radius 3 is 2.45 bits per heavy atom. The van der Waals surface area contributed by atoms with E-state index in [0.29, 0.717) is 12.4 Å². The van der Waals surface area contributed by atoms with E-state index in [9.17, 15) is 14.7 Å². The Bertz CT molecular complexity index is 1040. The number of nitrogens with zero attached hydrogens (tertiary/aromatic N) is 2. The fourth-order valence-corrected chi connectivity index (χ4v) is 6.97. The minimum atomic E-state index is -1.08. The standard InChI is InChI=1S/C24H35N5O3S/c1-23(2)19-17(15-29(23)22(32)25-14-18(30)16-10-7-6-8-11-16)20(28-27-19)26-21(31)24(12-9-13-24)33(3,4)5/h6-8,10-11,18,30H,9,12-15H2,1-5H3,(H,25,32)(H2,26,27,28,31)/t18-/m0/s1. The number of hydrogen-bond donors (Lipinski definition) is 4. The topological polar surface area (TPSA) is 110 Å². The summed E-state index contributed by atoms with van der Waals surface area (Å²) in [5, 5.41) is 23.8. The van der Waals surface area contributed by atoms with E-state index in [2.05, 4.69) is 39.6 Å². The van der Waals surface area contributed by atoms with Crippen LogP contribution >= 0.6 is 10.0 Å². The van der Waals surface area contributed by atoms with E-state index >= 15 is 0 Å². The van der Waals surface area contributed by atoms with E-state index in [-0.39, 0.29) is 23.2 Å². The molecular formula is C24H35N5O3S. The normalized spacial score (nSPS) is 19.9. The number of aromatic nitrogens is 2. The second-order valence-electron chi connectivity index (χ2n) is 10.3. The molecule has 1 aliphatic carbocycles. The molecule has 4 N–H and O–H groups in total. The molecule has 1 saturated carbocycles. The molecule has 2 aliphatic rings. The van der Waals surface area contributed by atoms with Crippen LogP contribution in [0.2, 0.25) is 0 Å². The van der Waals surface area contributed by atoms with Gasteiger partial charge in [-0.2, -0.15) is 5.10 Å². The monoisotopic (exact) mass is 473 g/mol. The van der Waals surface area contributed by atoms with E-state index in [1.807, 2.05) is 44.2 Å². The Hall–Kier alpha value is -2.52. The number of aliphatic hydroxyl groups excluding tert-OH is 1. The lowest BCUT2D eigenvalue weighted by Crippen LogP contribution is -2.51. The molecule has 0 bridgehead atoms. The van der Waals surface area contributed by atoms with Crippen LogP contribution in [-0.2, 0) is 16.9 Å². The molecule has 1 aliphatic heterocycles. The zero-order valence-electron chi connectivity index (χ0n) is 20.1. The summed E-state index contributed by atoms with van der Waals surface area (Å²) in [7, 11) is -1.08. The molecule has 1 fully saturated rings. The van der Waals surface area contributed by atoms with E-state index in [0.717, 1.165) is 36.1 Å². The van der Waals surface area contributed by atoms with Crippen LogP contribution in [0.3, 0.4) is 0 Å². The maximum Gasteiger partial charge on any atom is 0.318 e. The third-order valence-corrected chi connectivity index (χ3v) is 10.3. The largest absolute Gasteiger partial charge is 0.387 e. The Morgan fingerprint density at radius 2 is 1.88 bits per heavy atom. The van der Waals surface area contributed by atoms with Crippen molar-refractivity contribution in [3.8, 4) is 0 Å². The molecule has 1 aromatic heterocycles. The van der Waals surface area contributed by atoms with Crippen molar-refractivity contribution in [1.29, 1.82) is 0 Å². The average molecular weight is 474 g/mol. The average Bonchev–Trinajstić information content (AvgIpc) is 3.22. The van der Waals surface area contributed by atoms with Gasteiger partial charge in [-0.25, -0.2) is 14.8 Å². The van der Waals surface area contributed by atoms with Gasteiger partial charge in [0, 0.05) is 12.1 Å². The molecule has 180 valence electrons. The first-order valence-corrected chi connectivity index (χ1v) is 14.2. The minimum absolute atomic E-state index is 0.0391. The third kappa shape index (κ3) is 4.01. The summed E-state index contributed by atoms with van der Waals surface area (Å²) in [6, 6.07) is 8.98. The predicted molar refractivity (Wildman–Crippen MR) is 133 cm³/mol. The SMILES string of the molecule is CC1(C)c2[nH]nc(NC(=O)C3(S(C)(C)C)CCC3)c2CN1C(=O)NC[C@H](O)c1ccccc1. The number of H-pyrrole nitrogens is 1. The van der Waals surface area contributed by atoms with Crippen LogP contribution in [-0.4, -0.2) is 62.2 Å². The molecular weight excluding hydrogens is 438 g/mol. The van der Waals surface area contributed by atoms with E-state index in [4.69, 9.17) is 0 Å². The predicted octanol–water partition coefficient (Wildman–Crippen LogP) is 3.46. The molecule has 3 amide bonds. The van der Waals surface area contributed by atoms with Crippen LogP contribution in [0.15, 0.2) is 30.3 Å². The first-order chi connectivity index (χ1) is 15.5. The molecule has 33 heavy (non-hydrogen) atoms. The number of rotatable bonds is 6. The number of aliphatic hydroxyl groups is 1. The number of nitrogens with one attached hydrogen (secondary N) is 3. The van der Waals surface area contributed by atoms with Gasteiger partial charge in [-0.3, -0.25) is 9.89 Å². The Labute approximate surface area is 196 Å². The molecule has 0 saturated heterocycles. The van der Waals surface area contributed by atoms with Gasteiger partial charge in [0.25, 0.3) is 0 Å². The lowest BCUT2D eigenvalue weighted by molar-refractivity contribution is -0.120. The van der Waals surface area contributed by atoms with Crippen LogP contribution in [0.4, 0.5) is 10.6 Å². The van der Waals surface area contributed by atoms with Gasteiger partial charge in [-0.15, -0.1) is 0 Å². The summed E-state index contributed by atoms with van der Waals surface area (Å²) in [6.45, 7) is 4.34. The number of anilines is 1. The van der Waals surface area contributed by atoms with Crippen molar-refractivity contribution in [3.63, 3.8) is 0 Å². The van der Waals surface area contributed by atoms with Crippen molar-refractivity contribution < 1.29 is 14.7 Å². The molecule has 1 atom stereocenters. The third-order valence-electron chi connectivity index (χ3n) is 7.33. The summed E-state index contributed by atoms with van der Waals surface area (Å²) >= 11 is 0. The van der Waals surface area contributed by atoms with Crippen molar-refractivity contribution in [2.24, 2.45) is 0 Å². The van der Waals surface area contributed by atoms with Crippen molar-refractivity contribution in [1.82, 2.24) is 20.4 Å². The molecule has 4 rings (SSSR count). The highest BCUT2D eigenvalue weighted by Gasteiger charge is 2.51. The Kier molecular flexibility index (Phi) is 5.99. The fraction of sp³-hybridized carbons (Fsp3) is 0.542. The molecule has 1 aromatic carbocycles. The number of amides is 3. The number of carbonyl (C=O) groups excluding carboxylic acids is 2. The fourth-order valence-electron chi connectivity index (χ4n) is 4.85. The number of benzene rings is 1. The lowest BCUT2D eigenvalue weighted by Gasteiger charge is -2.53. The molecule has 8 nitrogen and oxygen atoms in total. The number of aromatic amines is 1. The highest BCUT2D eigenvalue weighted by Crippen LogP contribution is 2.60. The molecule has 9 heteroatoms. The van der Waals surface area contributed by atoms with Crippen LogP contribution in [0, 0.1) is 0 Å². The summed E-state index contributed by atoms with van der Waals surface area (Å²) in [5.41, 5.74) is 1.79. The van der Waals surface area contributed by atoms with Gasteiger partial charge in [0.2, 0.25) is 5.91 Å². The maximum atomic E-state index is 13.3. The van der Waals surface area contributed by atoms with Gasteiger partial charge in [0.05, 0.1) is 28.6 Å². The summed E-state index contributed by atoms with van der Waals surface area (Å²) in [4.78, 5) is 28.0. The van der Waals surface area contributed by atoms with Gasteiger partial charge in [0.15, 0.2) is 5.82 Å². The second kappa shape index (κ2) is 8.36. The van der Waals surface area contributed by atoms with Crippen molar-refractivity contribution >= 4 is 27.8 Å².